The van der Waals surface area contributed by atoms with Gasteiger partial charge in [-0.05, 0) is 57.8 Å². The van der Waals surface area contributed by atoms with Gasteiger partial charge in [-0.3, -0.25) is 14.5 Å². The van der Waals surface area contributed by atoms with Crippen LogP contribution in [0.15, 0.2) is 0 Å². The smallest absolute Gasteiger partial charge is 0.328 e. The lowest BCUT2D eigenvalue weighted by molar-refractivity contribution is -0.156. The number of amides is 4. The van der Waals surface area contributed by atoms with E-state index in [1.807, 2.05) is 13.8 Å². The van der Waals surface area contributed by atoms with Crippen LogP contribution < -0.4 is 0 Å². The first kappa shape index (κ1) is 26.9. The summed E-state index contributed by atoms with van der Waals surface area (Å²) in [4.78, 5) is 59.2. The number of hydrogen-bond donors (Lipinski definition) is 0. The molecule has 0 radical (unpaired) electrons. The number of carbonyl (C=O) groups excluding carboxylic acids is 4. The van der Waals surface area contributed by atoms with Crippen molar-refractivity contribution >= 4 is 23.8 Å². The topological polar surface area (TPSA) is 87.2 Å². The zero-order valence-corrected chi connectivity index (χ0v) is 22.5. The number of unbranched alkanes of at least 4 members (excludes halogenated alkanes) is 1. The quantitative estimate of drug-likeness (QED) is 0.260. The highest BCUT2D eigenvalue weighted by Gasteiger charge is 2.54. The molecule has 4 aliphatic rings. The lowest BCUT2D eigenvalue weighted by atomic mass is 9.84. The molecule has 8 heteroatoms. The van der Waals surface area contributed by atoms with Gasteiger partial charge in [-0.25, -0.2) is 9.59 Å². The van der Waals surface area contributed by atoms with Crippen molar-refractivity contribution in [2.24, 2.45) is 5.92 Å². The van der Waals surface area contributed by atoms with E-state index in [2.05, 4.69) is 0 Å². The van der Waals surface area contributed by atoms with E-state index >= 15 is 0 Å². The van der Waals surface area contributed by atoms with E-state index in [1.165, 1.54) is 4.90 Å². The number of esters is 1. The number of carbonyl (C=O) groups is 4. The highest BCUT2D eigenvalue weighted by atomic mass is 16.5. The van der Waals surface area contributed by atoms with Crippen LogP contribution in [0.5, 0.6) is 0 Å². The van der Waals surface area contributed by atoms with E-state index in [0.717, 1.165) is 77.0 Å². The largest absolute Gasteiger partial charge is 0.464 e. The van der Waals surface area contributed by atoms with Crippen molar-refractivity contribution in [1.29, 1.82) is 0 Å². The Balaban J connectivity index is 1.57. The van der Waals surface area contributed by atoms with Crippen molar-refractivity contribution in [3.63, 3.8) is 0 Å². The molecule has 0 spiro atoms. The molecule has 4 rings (SSSR count). The Bertz CT molecular complexity index is 826. The maximum absolute atomic E-state index is 14.1. The molecule has 2 aliphatic carbocycles. The Morgan fingerprint density at radius 3 is 2.36 bits per heavy atom. The van der Waals surface area contributed by atoms with Gasteiger partial charge < -0.3 is 14.5 Å². The standard InChI is InChI=1S/C28H45N3O5/c1-4-6-17-36-27(34)24-18-20-13-10-11-16-22(20)31(24)25(32)19(3)29-23(12-5-2)26(33)30(28(29)35)21-14-8-7-9-15-21/h19-24H,4-18H2,1-3H3/t19-,20-,22-,23?,24-/m0/s1. The van der Waals surface area contributed by atoms with Gasteiger partial charge in [0.15, 0.2) is 0 Å². The van der Waals surface area contributed by atoms with Crippen molar-refractivity contribution in [3.05, 3.63) is 0 Å². The fourth-order valence-electron chi connectivity index (χ4n) is 7.01. The Labute approximate surface area is 216 Å². The first-order chi connectivity index (χ1) is 17.4. The predicted octanol–water partition coefficient (Wildman–Crippen LogP) is 4.64. The summed E-state index contributed by atoms with van der Waals surface area (Å²) < 4.78 is 5.58. The van der Waals surface area contributed by atoms with Gasteiger partial charge in [0.1, 0.15) is 18.1 Å². The molecule has 2 saturated carbocycles. The van der Waals surface area contributed by atoms with Crippen LogP contribution in [0.25, 0.3) is 0 Å². The fraction of sp³-hybridized carbons (Fsp3) is 0.857. The second-order valence-corrected chi connectivity index (χ2v) is 11.3. The molecule has 4 fully saturated rings. The average molecular weight is 504 g/mol. The van der Waals surface area contributed by atoms with Crippen molar-refractivity contribution < 1.29 is 23.9 Å². The van der Waals surface area contributed by atoms with Gasteiger partial charge in [-0.1, -0.05) is 58.8 Å². The Morgan fingerprint density at radius 2 is 1.67 bits per heavy atom. The molecule has 4 amide bonds. The SMILES string of the molecule is CCCCOC(=O)[C@@H]1C[C@@H]2CCCC[C@@H]2N1C(=O)[C@H](C)N1C(=O)N(C2CCCCC2)C(=O)C1CCC. The molecular weight excluding hydrogens is 458 g/mol. The van der Waals surface area contributed by atoms with Crippen LogP contribution >= 0.6 is 0 Å². The van der Waals surface area contributed by atoms with Crippen LogP contribution in [-0.4, -0.2) is 75.3 Å². The zero-order valence-electron chi connectivity index (χ0n) is 22.5. The number of urea groups is 1. The van der Waals surface area contributed by atoms with Gasteiger partial charge in [0.25, 0.3) is 5.91 Å². The molecule has 2 aliphatic heterocycles. The minimum absolute atomic E-state index is 0.00454. The van der Waals surface area contributed by atoms with Crippen LogP contribution in [0.2, 0.25) is 0 Å². The highest BCUT2D eigenvalue weighted by Crippen LogP contribution is 2.41. The summed E-state index contributed by atoms with van der Waals surface area (Å²) in [6, 6.07) is -2.39. The molecule has 36 heavy (non-hydrogen) atoms. The summed E-state index contributed by atoms with van der Waals surface area (Å²) in [5.74, 6) is -0.397. The van der Waals surface area contributed by atoms with Crippen LogP contribution in [0.3, 0.4) is 0 Å². The van der Waals surface area contributed by atoms with E-state index in [0.29, 0.717) is 25.4 Å². The molecule has 0 bridgehead atoms. The van der Waals surface area contributed by atoms with E-state index in [4.69, 9.17) is 4.74 Å². The highest BCUT2D eigenvalue weighted by molar-refractivity contribution is 6.06. The normalized spacial score (nSPS) is 30.0. The predicted molar refractivity (Wildman–Crippen MR) is 136 cm³/mol. The minimum Gasteiger partial charge on any atom is -0.464 e. The van der Waals surface area contributed by atoms with Crippen molar-refractivity contribution in [2.45, 2.75) is 141 Å². The van der Waals surface area contributed by atoms with Crippen LogP contribution in [0, 0.1) is 5.92 Å². The maximum Gasteiger partial charge on any atom is 0.328 e. The van der Waals surface area contributed by atoms with Crippen molar-refractivity contribution in [1.82, 2.24) is 14.7 Å². The molecule has 1 unspecified atom stereocenters. The summed E-state index contributed by atoms with van der Waals surface area (Å²) in [5.41, 5.74) is 0. The van der Waals surface area contributed by atoms with Gasteiger partial charge in [0.2, 0.25) is 5.91 Å². The number of nitrogens with zero attached hydrogens (tertiary/aromatic N) is 3. The molecule has 2 heterocycles. The van der Waals surface area contributed by atoms with Crippen molar-refractivity contribution in [3.8, 4) is 0 Å². The summed E-state index contributed by atoms with van der Waals surface area (Å²) in [6.07, 6.45) is 12.6. The Morgan fingerprint density at radius 1 is 0.972 bits per heavy atom. The van der Waals surface area contributed by atoms with Gasteiger partial charge >= 0.3 is 12.0 Å². The molecule has 0 aromatic rings. The Kier molecular flexibility index (Phi) is 8.94. The third kappa shape index (κ3) is 5.14. The molecular formula is C28H45N3O5. The molecule has 5 atom stereocenters. The number of hydrogen-bond acceptors (Lipinski definition) is 5. The van der Waals surface area contributed by atoms with Crippen LogP contribution in [0.1, 0.15) is 111 Å². The number of rotatable bonds is 9. The summed E-state index contributed by atoms with van der Waals surface area (Å²) >= 11 is 0. The summed E-state index contributed by atoms with van der Waals surface area (Å²) in [5, 5.41) is 0. The molecule has 0 N–H and O–H groups in total. The van der Waals surface area contributed by atoms with Gasteiger partial charge in [0.05, 0.1) is 6.61 Å². The average Bonchev–Trinajstić information content (AvgIpc) is 3.39. The zero-order chi connectivity index (χ0) is 25.8. The number of likely N-dealkylation sites (tertiary alicyclic amines) is 1. The number of ether oxygens (including phenoxy) is 1. The molecule has 0 aromatic carbocycles. The maximum atomic E-state index is 14.1. The second kappa shape index (κ2) is 12.0. The summed E-state index contributed by atoms with van der Waals surface area (Å²) in [6.45, 7) is 6.16. The third-order valence-corrected chi connectivity index (χ3v) is 8.92. The number of imide groups is 1. The van der Waals surface area contributed by atoms with E-state index in [-0.39, 0.29) is 35.9 Å². The first-order valence-corrected chi connectivity index (χ1v) is 14.5. The van der Waals surface area contributed by atoms with E-state index < -0.39 is 18.1 Å². The lowest BCUT2D eigenvalue weighted by Crippen LogP contribution is -2.56. The Hall–Kier alpha value is -2.12. The first-order valence-electron chi connectivity index (χ1n) is 14.5. The van der Waals surface area contributed by atoms with Crippen molar-refractivity contribution in [2.75, 3.05) is 6.61 Å². The third-order valence-electron chi connectivity index (χ3n) is 8.92. The molecule has 0 aromatic heterocycles. The fourth-order valence-corrected chi connectivity index (χ4v) is 7.01. The van der Waals surface area contributed by atoms with Gasteiger partial charge in [0, 0.05) is 12.1 Å². The van der Waals surface area contributed by atoms with Gasteiger partial charge in [-0.15, -0.1) is 0 Å². The lowest BCUT2D eigenvalue weighted by Gasteiger charge is -2.37. The van der Waals surface area contributed by atoms with E-state index in [1.54, 1.807) is 16.7 Å². The summed E-state index contributed by atoms with van der Waals surface area (Å²) in [7, 11) is 0. The molecule has 202 valence electrons. The minimum atomic E-state index is -0.793. The second-order valence-electron chi connectivity index (χ2n) is 11.3. The molecule has 8 nitrogen and oxygen atoms in total. The van der Waals surface area contributed by atoms with Gasteiger partial charge in [-0.2, -0.15) is 0 Å². The van der Waals surface area contributed by atoms with Crippen LogP contribution in [0.4, 0.5) is 4.79 Å². The monoisotopic (exact) mass is 503 g/mol. The molecule has 2 saturated heterocycles. The number of fused-ring (bicyclic) bond motifs is 1. The van der Waals surface area contributed by atoms with E-state index in [9.17, 15) is 19.2 Å². The van der Waals surface area contributed by atoms with Crippen LogP contribution in [-0.2, 0) is 19.1 Å².